The summed E-state index contributed by atoms with van der Waals surface area (Å²) in [6.45, 7) is 12.1. The third-order valence-corrected chi connectivity index (χ3v) is 17.7. The molecule has 0 bridgehead atoms. The number of carbonyl (C=O) groups is 2. The summed E-state index contributed by atoms with van der Waals surface area (Å²) in [5.41, 5.74) is -1.36. The number of rotatable bonds is 8. The highest BCUT2D eigenvalue weighted by Gasteiger charge is 2.70. The number of hydrogen-bond acceptors (Lipinski definition) is 14. The number of hydrogen-bond donors (Lipinski definition) is 8. The van der Waals surface area contributed by atoms with Crippen LogP contribution in [0.3, 0.4) is 0 Å². The SMILES string of the molecule is COC(=O)C1(C)CCC2(C(=O)O)CCC3(C)C(=CCC4C5(C)CCC(OC6OC(CO)C(OC7OC(CO)C(O)C(O)C7O)C(O)C6O)C(C)(C)C5CCC43C)C2C1. The molecule has 7 aliphatic rings. The Bertz CT molecular complexity index is 1600. The van der Waals surface area contributed by atoms with Crippen molar-refractivity contribution in [3.8, 4) is 0 Å². The Morgan fingerprint density at radius 1 is 0.741 bits per heavy atom. The van der Waals surface area contributed by atoms with Gasteiger partial charge in [0.1, 0.15) is 48.8 Å². The molecule has 0 aromatic rings. The van der Waals surface area contributed by atoms with Crippen LogP contribution in [-0.4, -0.2) is 141 Å². The van der Waals surface area contributed by atoms with Crippen LogP contribution in [0.2, 0.25) is 0 Å². The van der Waals surface area contributed by atoms with E-state index in [1.54, 1.807) is 0 Å². The largest absolute Gasteiger partial charge is 0.481 e. The zero-order chi connectivity index (χ0) is 42.5. The number of aliphatic carboxylic acids is 1. The van der Waals surface area contributed by atoms with Gasteiger partial charge in [0.2, 0.25) is 0 Å². The highest BCUT2D eigenvalue weighted by molar-refractivity contribution is 5.80. The predicted octanol–water partition coefficient (Wildman–Crippen LogP) is 2.04. The van der Waals surface area contributed by atoms with Gasteiger partial charge in [-0.15, -0.1) is 0 Å². The summed E-state index contributed by atoms with van der Waals surface area (Å²) in [6, 6.07) is 0. The second-order valence-electron chi connectivity index (χ2n) is 20.6. The van der Waals surface area contributed by atoms with Crippen molar-refractivity contribution in [3.05, 3.63) is 11.6 Å². The number of aliphatic hydroxyl groups excluding tert-OH is 7. The molecule has 2 aliphatic heterocycles. The fourth-order valence-electron chi connectivity index (χ4n) is 13.9. The average molecular weight is 825 g/mol. The molecule has 58 heavy (non-hydrogen) atoms. The minimum absolute atomic E-state index is 0.112. The van der Waals surface area contributed by atoms with Crippen molar-refractivity contribution in [1.29, 1.82) is 0 Å². The lowest BCUT2D eigenvalue weighted by Crippen LogP contribution is -2.67. The lowest BCUT2D eigenvalue weighted by atomic mass is 9.33. The van der Waals surface area contributed by atoms with Crippen LogP contribution in [0.25, 0.3) is 0 Å². The average Bonchev–Trinajstić information content (AvgIpc) is 3.18. The molecule has 15 nitrogen and oxygen atoms in total. The number of allylic oxidation sites excluding steroid dienone is 2. The fraction of sp³-hybridized carbons (Fsp3) is 0.907. The summed E-state index contributed by atoms with van der Waals surface area (Å²) < 4.78 is 29.1. The molecule has 0 spiro atoms. The predicted molar refractivity (Wildman–Crippen MR) is 204 cm³/mol. The van der Waals surface area contributed by atoms with E-state index in [0.717, 1.165) is 32.1 Å². The van der Waals surface area contributed by atoms with Crippen LogP contribution in [0.15, 0.2) is 11.6 Å². The first-order chi connectivity index (χ1) is 27.1. The Hall–Kier alpha value is -1.76. The minimum atomic E-state index is -1.76. The second-order valence-corrected chi connectivity index (χ2v) is 20.6. The summed E-state index contributed by atoms with van der Waals surface area (Å²) >= 11 is 0. The number of ether oxygens (including phenoxy) is 5. The number of carbonyl (C=O) groups excluding carboxylic acids is 1. The lowest BCUT2D eigenvalue weighted by Gasteiger charge is -2.71. The smallest absolute Gasteiger partial charge is 0.311 e. The molecule has 6 fully saturated rings. The van der Waals surface area contributed by atoms with Crippen LogP contribution in [0.4, 0.5) is 0 Å². The van der Waals surface area contributed by atoms with Crippen molar-refractivity contribution in [1.82, 2.24) is 0 Å². The van der Waals surface area contributed by atoms with E-state index in [0.29, 0.717) is 32.1 Å². The number of carboxylic acids is 1. The highest BCUT2D eigenvalue weighted by Crippen LogP contribution is 2.76. The molecule has 2 heterocycles. The van der Waals surface area contributed by atoms with Crippen molar-refractivity contribution >= 4 is 11.9 Å². The Kier molecular flexibility index (Phi) is 11.6. The first-order valence-electron chi connectivity index (χ1n) is 21.4. The van der Waals surface area contributed by atoms with Crippen molar-refractivity contribution in [2.24, 2.45) is 50.2 Å². The molecule has 330 valence electrons. The molecule has 7 rings (SSSR count). The summed E-state index contributed by atoms with van der Waals surface area (Å²) in [5, 5.41) is 84.3. The van der Waals surface area contributed by atoms with Gasteiger partial charge in [-0.05, 0) is 111 Å². The third kappa shape index (κ3) is 6.38. The van der Waals surface area contributed by atoms with E-state index in [-0.39, 0.29) is 40.0 Å². The number of methoxy groups -OCH3 is 1. The van der Waals surface area contributed by atoms with E-state index in [2.05, 4.69) is 40.7 Å². The van der Waals surface area contributed by atoms with E-state index < -0.39 is 103 Å². The van der Waals surface area contributed by atoms with Crippen LogP contribution >= 0.6 is 0 Å². The van der Waals surface area contributed by atoms with Crippen LogP contribution in [0.1, 0.15) is 106 Å². The molecule has 2 saturated heterocycles. The normalized spacial score (nSPS) is 52.6. The first kappa shape index (κ1) is 44.3. The molecular weight excluding hydrogens is 756 g/mol. The number of fused-ring (bicyclic) bond motifs is 7. The number of aliphatic hydroxyl groups is 7. The van der Waals surface area contributed by atoms with Gasteiger partial charge in [0.15, 0.2) is 12.6 Å². The van der Waals surface area contributed by atoms with Gasteiger partial charge in [0.05, 0.1) is 37.3 Å². The highest BCUT2D eigenvalue weighted by atomic mass is 16.7. The van der Waals surface area contributed by atoms with Gasteiger partial charge in [-0.25, -0.2) is 0 Å². The van der Waals surface area contributed by atoms with Gasteiger partial charge in [0.25, 0.3) is 0 Å². The van der Waals surface area contributed by atoms with E-state index in [9.17, 15) is 50.4 Å². The lowest BCUT2D eigenvalue weighted by molar-refractivity contribution is -0.368. The molecule has 19 atom stereocenters. The molecule has 5 aliphatic carbocycles. The first-order valence-corrected chi connectivity index (χ1v) is 21.4. The number of carboxylic acid groups (broad SMARTS) is 1. The van der Waals surface area contributed by atoms with Gasteiger partial charge in [-0.1, -0.05) is 46.3 Å². The van der Waals surface area contributed by atoms with Gasteiger partial charge >= 0.3 is 11.9 Å². The number of esters is 1. The summed E-state index contributed by atoms with van der Waals surface area (Å²) in [6.07, 6.45) is -6.44. The summed E-state index contributed by atoms with van der Waals surface area (Å²) in [7, 11) is 1.41. The van der Waals surface area contributed by atoms with E-state index >= 15 is 0 Å². The van der Waals surface area contributed by atoms with Crippen LogP contribution in [0.5, 0.6) is 0 Å². The maximum absolute atomic E-state index is 13.2. The van der Waals surface area contributed by atoms with Gasteiger partial charge in [-0.2, -0.15) is 0 Å². The molecule has 4 saturated carbocycles. The zero-order valence-electron chi connectivity index (χ0n) is 35.1. The monoisotopic (exact) mass is 824 g/mol. The van der Waals surface area contributed by atoms with Gasteiger partial charge in [0, 0.05) is 0 Å². The van der Waals surface area contributed by atoms with Crippen molar-refractivity contribution in [2.45, 2.75) is 173 Å². The maximum Gasteiger partial charge on any atom is 0.311 e. The van der Waals surface area contributed by atoms with E-state index in [1.165, 1.54) is 12.7 Å². The molecule has 0 amide bonds. The topological polar surface area (TPSA) is 242 Å². The Balaban J connectivity index is 1.10. The molecule has 15 heteroatoms. The minimum Gasteiger partial charge on any atom is -0.481 e. The summed E-state index contributed by atoms with van der Waals surface area (Å²) in [5.74, 6) is -0.805. The molecular formula is C43H68O15. The van der Waals surface area contributed by atoms with Crippen molar-refractivity contribution in [3.63, 3.8) is 0 Å². The van der Waals surface area contributed by atoms with Crippen LogP contribution in [0, 0.1) is 50.2 Å². The Morgan fingerprint density at radius 3 is 2.00 bits per heavy atom. The molecule has 8 N–H and O–H groups in total. The van der Waals surface area contributed by atoms with Crippen LogP contribution in [-0.2, 0) is 33.3 Å². The molecule has 19 unspecified atom stereocenters. The molecule has 0 aromatic carbocycles. The Labute approximate surface area is 341 Å². The molecule has 0 aromatic heterocycles. The molecule has 0 radical (unpaired) electrons. The van der Waals surface area contributed by atoms with Gasteiger partial charge in [-0.3, -0.25) is 9.59 Å². The van der Waals surface area contributed by atoms with E-state index in [1.807, 2.05) is 6.92 Å². The van der Waals surface area contributed by atoms with Crippen LogP contribution < -0.4 is 0 Å². The quantitative estimate of drug-likeness (QED) is 0.0993. The fourth-order valence-corrected chi connectivity index (χ4v) is 13.9. The standard InChI is InChI=1S/C43H68O15/c1-38(2)25-10-13-42(6)26(9-8-21-22-18-39(3,37(53)54-7)14-16-43(22,36(51)52)17-15-41(21,42)5)40(25,4)12-11-27(38)57-34-32(50)30(48)33(24(20-45)56-34)58-35-31(49)29(47)28(46)23(19-44)55-35/h8,22-35,44-50H,9-20H2,1-7H3,(H,51,52). The second kappa shape index (κ2) is 15.2. The zero-order valence-corrected chi connectivity index (χ0v) is 35.1. The summed E-state index contributed by atoms with van der Waals surface area (Å²) in [4.78, 5) is 26.3. The van der Waals surface area contributed by atoms with Crippen molar-refractivity contribution in [2.75, 3.05) is 20.3 Å². The van der Waals surface area contributed by atoms with E-state index in [4.69, 9.17) is 23.7 Å². The van der Waals surface area contributed by atoms with Crippen molar-refractivity contribution < 1.29 is 74.1 Å². The third-order valence-electron chi connectivity index (χ3n) is 17.7. The maximum atomic E-state index is 13.2. The van der Waals surface area contributed by atoms with Gasteiger partial charge < -0.3 is 64.5 Å². The Morgan fingerprint density at radius 2 is 1.36 bits per heavy atom.